The Bertz CT molecular complexity index is 334. The van der Waals surface area contributed by atoms with Crippen molar-refractivity contribution in [1.29, 1.82) is 0 Å². The normalized spacial score (nSPS) is 18.7. The first-order valence-corrected chi connectivity index (χ1v) is 5.12. The lowest BCUT2D eigenvalue weighted by Gasteiger charge is -2.09. The van der Waals surface area contributed by atoms with E-state index >= 15 is 0 Å². The van der Waals surface area contributed by atoms with E-state index in [0.717, 1.165) is 18.4 Å². The molecule has 0 saturated heterocycles. The summed E-state index contributed by atoms with van der Waals surface area (Å²) >= 11 is 3.16. The number of benzene rings is 1. The van der Waals surface area contributed by atoms with Crippen molar-refractivity contribution in [2.45, 2.75) is 24.8 Å². The second kappa shape index (κ2) is 3.07. The van der Waals surface area contributed by atoms with Gasteiger partial charge >= 0.3 is 0 Å². The highest BCUT2D eigenvalue weighted by Gasteiger charge is 2.38. The highest BCUT2D eigenvalue weighted by molar-refractivity contribution is 9.10. The van der Waals surface area contributed by atoms with Gasteiger partial charge in [-0.2, -0.15) is 0 Å². The Balaban J connectivity index is 2.25. The van der Waals surface area contributed by atoms with E-state index < -0.39 is 0 Å². The van der Waals surface area contributed by atoms with Gasteiger partial charge in [0.2, 0.25) is 0 Å². The fourth-order valence-corrected chi connectivity index (χ4v) is 1.81. The predicted octanol–water partition coefficient (Wildman–Crippen LogP) is 2.62. The van der Waals surface area contributed by atoms with Crippen LogP contribution in [0, 0.1) is 5.82 Å². The average Bonchev–Trinajstić information content (AvgIpc) is 2.78. The molecule has 0 heterocycles. The minimum Gasteiger partial charge on any atom is -0.325 e. The minimum absolute atomic E-state index is 0.123. The van der Waals surface area contributed by atoms with Gasteiger partial charge in [-0.25, -0.2) is 4.39 Å². The zero-order valence-electron chi connectivity index (χ0n) is 7.19. The Kier molecular flexibility index (Phi) is 2.16. The largest absolute Gasteiger partial charge is 0.325 e. The summed E-state index contributed by atoms with van der Waals surface area (Å²) < 4.78 is 14.0. The van der Waals surface area contributed by atoms with E-state index in [-0.39, 0.29) is 11.4 Å². The van der Waals surface area contributed by atoms with Gasteiger partial charge in [0.1, 0.15) is 5.82 Å². The molecule has 1 fully saturated rings. The summed E-state index contributed by atoms with van der Waals surface area (Å²) in [7, 11) is 0. The van der Waals surface area contributed by atoms with Crippen LogP contribution in [0.2, 0.25) is 0 Å². The summed E-state index contributed by atoms with van der Waals surface area (Å²) in [6.45, 7) is 0. The summed E-state index contributed by atoms with van der Waals surface area (Å²) in [6.07, 6.45) is 2.68. The molecule has 1 nitrogen and oxygen atoms in total. The molecule has 13 heavy (non-hydrogen) atoms. The van der Waals surface area contributed by atoms with Crippen LogP contribution >= 0.6 is 15.9 Å². The van der Waals surface area contributed by atoms with Crippen molar-refractivity contribution in [3.8, 4) is 0 Å². The lowest BCUT2D eigenvalue weighted by molar-refractivity contribution is 0.577. The Morgan fingerprint density at radius 2 is 2.15 bits per heavy atom. The molecule has 0 amide bonds. The Labute approximate surface area is 85.3 Å². The van der Waals surface area contributed by atoms with E-state index in [1.54, 1.807) is 12.1 Å². The molecule has 0 atom stereocenters. The molecule has 0 spiro atoms. The smallest absolute Gasteiger partial charge is 0.140 e. The molecule has 2 N–H and O–H groups in total. The summed E-state index contributed by atoms with van der Waals surface area (Å²) in [4.78, 5) is 0. The van der Waals surface area contributed by atoms with Crippen molar-refractivity contribution in [2.24, 2.45) is 5.73 Å². The molecular formula is C10H11BrFN. The van der Waals surface area contributed by atoms with E-state index in [1.165, 1.54) is 0 Å². The molecule has 0 aliphatic heterocycles. The molecule has 1 aliphatic carbocycles. The molecule has 0 aromatic heterocycles. The molecule has 1 aromatic carbocycles. The van der Waals surface area contributed by atoms with Gasteiger partial charge in [0, 0.05) is 5.54 Å². The number of hydrogen-bond donors (Lipinski definition) is 1. The molecule has 3 heteroatoms. The lowest BCUT2D eigenvalue weighted by Crippen LogP contribution is -2.25. The van der Waals surface area contributed by atoms with Gasteiger partial charge in [-0.05, 0) is 46.8 Å². The van der Waals surface area contributed by atoms with Crippen LogP contribution in [-0.2, 0) is 6.42 Å². The standard InChI is InChI=1S/C10H11BrFN/c11-8-3-1-2-7(9(8)12)6-10(13)4-5-10/h1-3H,4-6,13H2. The quantitative estimate of drug-likeness (QED) is 0.850. The first-order chi connectivity index (χ1) is 6.11. The van der Waals surface area contributed by atoms with Crippen LogP contribution in [0.5, 0.6) is 0 Å². The number of hydrogen-bond acceptors (Lipinski definition) is 1. The van der Waals surface area contributed by atoms with E-state index in [1.807, 2.05) is 6.07 Å². The SMILES string of the molecule is NC1(Cc2cccc(Br)c2F)CC1. The van der Waals surface area contributed by atoms with Crippen LogP contribution in [0.4, 0.5) is 4.39 Å². The molecule has 1 aliphatic rings. The van der Waals surface area contributed by atoms with Crippen molar-refractivity contribution in [3.05, 3.63) is 34.1 Å². The van der Waals surface area contributed by atoms with Gasteiger partial charge in [-0.15, -0.1) is 0 Å². The molecule has 0 radical (unpaired) electrons. The van der Waals surface area contributed by atoms with Gasteiger partial charge in [-0.1, -0.05) is 12.1 Å². The average molecular weight is 244 g/mol. The zero-order chi connectivity index (χ0) is 9.47. The van der Waals surface area contributed by atoms with Crippen LogP contribution in [0.25, 0.3) is 0 Å². The summed E-state index contributed by atoms with van der Waals surface area (Å²) in [5.41, 5.74) is 6.51. The fraction of sp³-hybridized carbons (Fsp3) is 0.400. The Morgan fingerprint density at radius 3 is 2.77 bits per heavy atom. The van der Waals surface area contributed by atoms with Crippen LogP contribution in [0.3, 0.4) is 0 Å². The maximum Gasteiger partial charge on any atom is 0.140 e. The maximum absolute atomic E-state index is 13.5. The Hall–Kier alpha value is -0.410. The van der Waals surface area contributed by atoms with Crippen molar-refractivity contribution in [3.63, 3.8) is 0 Å². The van der Waals surface area contributed by atoms with Gasteiger partial charge in [0.25, 0.3) is 0 Å². The van der Waals surface area contributed by atoms with Crippen LogP contribution in [0.1, 0.15) is 18.4 Å². The maximum atomic E-state index is 13.5. The summed E-state index contributed by atoms with van der Waals surface area (Å²) in [5.74, 6) is -0.167. The predicted molar refractivity (Wildman–Crippen MR) is 54.0 cm³/mol. The minimum atomic E-state index is -0.167. The summed E-state index contributed by atoms with van der Waals surface area (Å²) in [5, 5.41) is 0. The molecular weight excluding hydrogens is 233 g/mol. The molecule has 2 rings (SSSR count). The first kappa shape index (κ1) is 9.16. The molecule has 0 bridgehead atoms. The third-order valence-corrected chi connectivity index (χ3v) is 3.08. The van der Waals surface area contributed by atoms with Crippen molar-refractivity contribution in [1.82, 2.24) is 0 Å². The second-order valence-electron chi connectivity index (χ2n) is 3.75. The summed E-state index contributed by atoms with van der Waals surface area (Å²) in [6, 6.07) is 5.34. The van der Waals surface area contributed by atoms with E-state index in [4.69, 9.17) is 5.73 Å². The van der Waals surface area contributed by atoms with Gasteiger partial charge in [0.15, 0.2) is 0 Å². The second-order valence-corrected chi connectivity index (χ2v) is 4.61. The lowest BCUT2D eigenvalue weighted by atomic mass is 10.0. The fourth-order valence-electron chi connectivity index (χ4n) is 1.40. The van der Waals surface area contributed by atoms with Crippen LogP contribution in [0.15, 0.2) is 22.7 Å². The van der Waals surface area contributed by atoms with E-state index in [0.29, 0.717) is 10.9 Å². The van der Waals surface area contributed by atoms with Crippen LogP contribution < -0.4 is 5.73 Å². The van der Waals surface area contributed by atoms with Gasteiger partial charge in [0.05, 0.1) is 4.47 Å². The van der Waals surface area contributed by atoms with Crippen LogP contribution in [-0.4, -0.2) is 5.54 Å². The Morgan fingerprint density at radius 1 is 1.46 bits per heavy atom. The topological polar surface area (TPSA) is 26.0 Å². The molecule has 0 unspecified atom stereocenters. The van der Waals surface area contributed by atoms with Crippen molar-refractivity contribution < 1.29 is 4.39 Å². The molecule has 1 aromatic rings. The molecule has 70 valence electrons. The van der Waals surface area contributed by atoms with E-state index in [2.05, 4.69) is 15.9 Å². The number of rotatable bonds is 2. The monoisotopic (exact) mass is 243 g/mol. The first-order valence-electron chi connectivity index (χ1n) is 4.32. The number of nitrogens with two attached hydrogens (primary N) is 1. The van der Waals surface area contributed by atoms with Gasteiger partial charge < -0.3 is 5.73 Å². The highest BCUT2D eigenvalue weighted by atomic mass is 79.9. The number of halogens is 2. The van der Waals surface area contributed by atoms with Gasteiger partial charge in [-0.3, -0.25) is 0 Å². The van der Waals surface area contributed by atoms with Crippen molar-refractivity contribution in [2.75, 3.05) is 0 Å². The highest BCUT2D eigenvalue weighted by Crippen LogP contribution is 2.36. The van der Waals surface area contributed by atoms with E-state index in [9.17, 15) is 4.39 Å². The third kappa shape index (κ3) is 1.92. The zero-order valence-corrected chi connectivity index (χ0v) is 8.77. The van der Waals surface area contributed by atoms with Crippen molar-refractivity contribution >= 4 is 15.9 Å². The third-order valence-electron chi connectivity index (χ3n) is 2.47. The molecule has 1 saturated carbocycles.